The minimum atomic E-state index is -3.18. The van der Waals surface area contributed by atoms with Gasteiger partial charge in [0.05, 0.1) is 18.4 Å². The Balaban J connectivity index is 1.69. The van der Waals surface area contributed by atoms with Gasteiger partial charge >= 0.3 is 13.2 Å². The van der Waals surface area contributed by atoms with Crippen LogP contribution in [0.15, 0.2) is 29.0 Å². The lowest BCUT2D eigenvalue weighted by molar-refractivity contribution is -0.0715. The Kier molecular flexibility index (Phi) is 5.48. The minimum Gasteiger partial charge on any atom is -0.429 e. The van der Waals surface area contributed by atoms with Crippen molar-refractivity contribution in [3.63, 3.8) is 0 Å². The van der Waals surface area contributed by atoms with Crippen molar-refractivity contribution in [2.24, 2.45) is 16.6 Å². The smallest absolute Gasteiger partial charge is 0.388 e. The van der Waals surface area contributed by atoms with Gasteiger partial charge in [-0.25, -0.2) is 4.98 Å². The maximum absolute atomic E-state index is 12.5. The number of aromatic nitrogens is 1. The summed E-state index contributed by atoms with van der Waals surface area (Å²) in [6, 6.07) is 1.24. The molecule has 1 aromatic rings. The van der Waals surface area contributed by atoms with Gasteiger partial charge in [0.2, 0.25) is 0 Å². The molecule has 0 unspecified atom stereocenters. The maximum Gasteiger partial charge on any atom is 0.388 e. The zero-order chi connectivity index (χ0) is 18.7. The first-order valence-electron chi connectivity index (χ1n) is 8.07. The highest BCUT2D eigenvalue weighted by molar-refractivity contribution is 5.99. The number of ether oxygens (including phenoxy) is 2. The van der Waals surface area contributed by atoms with Crippen LogP contribution in [0.1, 0.15) is 12.8 Å². The van der Waals surface area contributed by atoms with Crippen molar-refractivity contribution >= 4 is 11.4 Å². The molecule has 1 fully saturated rings. The Morgan fingerprint density at radius 3 is 2.38 bits per heavy atom. The molecule has 0 aromatic carbocycles. The van der Waals surface area contributed by atoms with Gasteiger partial charge in [-0.1, -0.05) is 0 Å². The number of nitrogens with two attached hydrogens (primary N) is 1. The lowest BCUT2D eigenvalue weighted by Crippen LogP contribution is -2.36. The van der Waals surface area contributed by atoms with E-state index in [-0.39, 0.29) is 0 Å². The van der Waals surface area contributed by atoms with Crippen LogP contribution in [0.25, 0.3) is 0 Å². The molecule has 3 rings (SSSR count). The van der Waals surface area contributed by atoms with E-state index < -0.39 is 24.9 Å². The molecule has 142 valence electrons. The summed E-state index contributed by atoms with van der Waals surface area (Å²) in [5, 5.41) is 0. The summed E-state index contributed by atoms with van der Waals surface area (Å²) >= 11 is 0. The molecule has 6 nitrogen and oxygen atoms in total. The summed E-state index contributed by atoms with van der Waals surface area (Å²) in [5.74, 6) is -0.894. The number of aliphatic imine (C=N–C) groups is 1. The molecule has 26 heavy (non-hydrogen) atoms. The number of anilines is 1. The molecule has 0 spiro atoms. The molecule has 0 amide bonds. The van der Waals surface area contributed by atoms with Crippen LogP contribution in [0, 0.1) is 5.92 Å². The number of alkyl halides is 4. The van der Waals surface area contributed by atoms with Gasteiger partial charge in [-0.3, -0.25) is 4.99 Å². The van der Waals surface area contributed by atoms with Crippen molar-refractivity contribution in [2.75, 3.05) is 24.5 Å². The third-order valence-electron chi connectivity index (χ3n) is 4.28. The Morgan fingerprint density at radius 2 is 1.81 bits per heavy atom. The highest BCUT2D eigenvalue weighted by Gasteiger charge is 2.26. The normalized spacial score (nSPS) is 18.3. The number of rotatable bonds is 6. The van der Waals surface area contributed by atoms with Crippen LogP contribution in [0.2, 0.25) is 0 Å². The van der Waals surface area contributed by atoms with Crippen LogP contribution < -0.4 is 20.1 Å². The van der Waals surface area contributed by atoms with Crippen LogP contribution in [0.4, 0.5) is 23.2 Å². The van der Waals surface area contributed by atoms with E-state index in [1.807, 2.05) is 11.0 Å². The van der Waals surface area contributed by atoms with E-state index in [0.29, 0.717) is 31.2 Å². The zero-order valence-electron chi connectivity index (χ0n) is 13.7. The fourth-order valence-electron chi connectivity index (χ4n) is 3.09. The summed E-state index contributed by atoms with van der Waals surface area (Å²) in [6.07, 6.45) is 4.82. The molecule has 10 heteroatoms. The van der Waals surface area contributed by atoms with Crippen LogP contribution in [-0.2, 0) is 0 Å². The molecule has 1 saturated heterocycles. The van der Waals surface area contributed by atoms with Gasteiger partial charge in [0.15, 0.2) is 5.75 Å². The molecule has 2 aliphatic rings. The molecule has 2 N–H and O–H groups in total. The van der Waals surface area contributed by atoms with Gasteiger partial charge in [0, 0.05) is 36.5 Å². The van der Waals surface area contributed by atoms with Gasteiger partial charge in [-0.15, -0.1) is 0 Å². The second-order valence-electron chi connectivity index (χ2n) is 5.98. The number of hydrogen-bond donors (Lipinski definition) is 1. The maximum atomic E-state index is 12.5. The topological polar surface area (TPSA) is 73.0 Å². The van der Waals surface area contributed by atoms with Crippen LogP contribution in [0.3, 0.4) is 0 Å². The fourth-order valence-corrected chi connectivity index (χ4v) is 3.09. The molecular weight excluding hydrogens is 356 g/mol. The standard InChI is InChI=1S/C16H18F4N4O2/c17-15(18)25-13-6-11(8-23-14(13)26-16(19)20)24-3-1-9(2-4-24)12-5-10(21)7-22-12/h5-6,8-9,15-16H,1-4,7,21H2. The first-order chi connectivity index (χ1) is 12.4. The number of piperidine rings is 1. The van der Waals surface area contributed by atoms with Crippen LogP contribution in [0.5, 0.6) is 11.6 Å². The second-order valence-corrected chi connectivity index (χ2v) is 5.98. The highest BCUT2D eigenvalue weighted by atomic mass is 19.3. The van der Waals surface area contributed by atoms with Gasteiger partial charge in [-0.2, -0.15) is 17.6 Å². The van der Waals surface area contributed by atoms with Gasteiger partial charge < -0.3 is 20.1 Å². The lowest BCUT2D eigenvalue weighted by Gasteiger charge is -2.33. The molecule has 0 radical (unpaired) electrons. The Morgan fingerprint density at radius 1 is 1.12 bits per heavy atom. The third-order valence-corrected chi connectivity index (χ3v) is 4.28. The van der Waals surface area contributed by atoms with Crippen molar-refractivity contribution in [3.05, 3.63) is 24.0 Å². The average Bonchev–Trinajstić information content (AvgIpc) is 3.02. The number of pyridine rings is 1. The molecule has 3 heterocycles. The van der Waals surface area contributed by atoms with E-state index in [4.69, 9.17) is 5.73 Å². The van der Waals surface area contributed by atoms with Crippen LogP contribution >= 0.6 is 0 Å². The Labute approximate surface area is 147 Å². The summed E-state index contributed by atoms with van der Waals surface area (Å²) in [6.45, 7) is -4.54. The van der Waals surface area contributed by atoms with Crippen molar-refractivity contribution in [2.45, 2.75) is 26.1 Å². The summed E-state index contributed by atoms with van der Waals surface area (Å²) in [4.78, 5) is 10.0. The predicted molar refractivity (Wildman–Crippen MR) is 87.0 cm³/mol. The molecule has 0 atom stereocenters. The molecule has 0 aliphatic carbocycles. The zero-order valence-corrected chi connectivity index (χ0v) is 13.7. The SMILES string of the molecule is NC1=CC(C2CCN(c3cnc(OC(F)F)c(OC(F)F)c3)CC2)=NC1. The number of allylic oxidation sites excluding steroid dienone is 1. The third kappa shape index (κ3) is 4.36. The van der Waals surface area contributed by atoms with Gasteiger partial charge in [0.1, 0.15) is 0 Å². The first-order valence-corrected chi connectivity index (χ1v) is 8.07. The van der Waals surface area contributed by atoms with Crippen LogP contribution in [-0.4, -0.2) is 43.6 Å². The Hall–Kier alpha value is -2.52. The number of nitrogens with zero attached hydrogens (tertiary/aromatic N) is 3. The number of halogens is 4. The van der Waals surface area contributed by atoms with E-state index in [0.717, 1.165) is 24.3 Å². The van der Waals surface area contributed by atoms with Crippen molar-refractivity contribution in [3.8, 4) is 11.6 Å². The van der Waals surface area contributed by atoms with Crippen molar-refractivity contribution in [1.82, 2.24) is 4.98 Å². The fraction of sp³-hybridized carbons (Fsp3) is 0.500. The lowest BCUT2D eigenvalue weighted by atomic mass is 9.91. The largest absolute Gasteiger partial charge is 0.429 e. The van der Waals surface area contributed by atoms with E-state index in [2.05, 4.69) is 19.5 Å². The minimum absolute atomic E-state index is 0.290. The molecule has 1 aromatic heterocycles. The monoisotopic (exact) mass is 374 g/mol. The quantitative estimate of drug-likeness (QED) is 0.776. The molecule has 2 aliphatic heterocycles. The summed E-state index contributed by atoms with van der Waals surface area (Å²) in [7, 11) is 0. The molecule has 0 bridgehead atoms. The predicted octanol–water partition coefficient (Wildman–Crippen LogP) is 2.80. The Bertz CT molecular complexity index is 703. The van der Waals surface area contributed by atoms with Gasteiger partial charge in [0.25, 0.3) is 5.88 Å². The number of hydrogen-bond acceptors (Lipinski definition) is 6. The highest BCUT2D eigenvalue weighted by Crippen LogP contribution is 2.33. The molecule has 0 saturated carbocycles. The van der Waals surface area contributed by atoms with Crippen molar-refractivity contribution < 1.29 is 27.0 Å². The summed E-state index contributed by atoms with van der Waals surface area (Å²) in [5.41, 5.74) is 7.98. The average molecular weight is 374 g/mol. The van der Waals surface area contributed by atoms with E-state index in [1.165, 1.54) is 12.3 Å². The summed E-state index contributed by atoms with van der Waals surface area (Å²) < 4.78 is 58.2. The van der Waals surface area contributed by atoms with E-state index in [1.54, 1.807) is 0 Å². The van der Waals surface area contributed by atoms with E-state index in [9.17, 15) is 17.6 Å². The van der Waals surface area contributed by atoms with Crippen molar-refractivity contribution in [1.29, 1.82) is 0 Å². The van der Waals surface area contributed by atoms with E-state index >= 15 is 0 Å². The molecular formula is C16H18F4N4O2. The van der Waals surface area contributed by atoms with Gasteiger partial charge in [-0.05, 0) is 18.9 Å². The second kappa shape index (κ2) is 7.79. The first kappa shape index (κ1) is 18.3.